The SMILES string of the molecule is O=C(Nc1cccc(CNc2ccc([N+](=O)[O-])cc2F)c1)[C@H]1CCCO1. The van der Waals surface area contributed by atoms with Gasteiger partial charge in [0.1, 0.15) is 6.10 Å². The topological polar surface area (TPSA) is 93.5 Å². The third-order valence-electron chi connectivity index (χ3n) is 4.06. The molecule has 0 aliphatic carbocycles. The van der Waals surface area contributed by atoms with Crippen LogP contribution in [0.15, 0.2) is 42.5 Å². The van der Waals surface area contributed by atoms with Gasteiger partial charge in [-0.3, -0.25) is 14.9 Å². The molecule has 1 saturated heterocycles. The normalized spacial score (nSPS) is 16.3. The molecule has 0 unspecified atom stereocenters. The lowest BCUT2D eigenvalue weighted by atomic mass is 10.1. The number of ether oxygens (including phenoxy) is 1. The number of nitro benzene ring substituents is 1. The maximum atomic E-state index is 13.9. The number of amides is 1. The second kappa shape index (κ2) is 7.92. The Hall–Kier alpha value is -3.00. The molecular formula is C18H18FN3O4. The van der Waals surface area contributed by atoms with Gasteiger partial charge >= 0.3 is 0 Å². The Balaban J connectivity index is 1.62. The largest absolute Gasteiger partial charge is 0.379 e. The summed E-state index contributed by atoms with van der Waals surface area (Å²) in [4.78, 5) is 22.1. The standard InChI is InChI=1S/C18H18FN3O4/c19-15-10-14(22(24)25)6-7-16(15)20-11-12-3-1-4-13(9-12)21-18(23)17-5-2-8-26-17/h1,3-4,6-7,9-10,17,20H,2,5,8,11H2,(H,21,23)/t17-/m1/s1. The van der Waals surface area contributed by atoms with Crippen LogP contribution in [0.2, 0.25) is 0 Å². The molecule has 3 rings (SSSR count). The summed E-state index contributed by atoms with van der Waals surface area (Å²) in [5.74, 6) is -0.865. The summed E-state index contributed by atoms with van der Waals surface area (Å²) in [7, 11) is 0. The van der Waals surface area contributed by atoms with Gasteiger partial charge in [-0.1, -0.05) is 12.1 Å². The molecule has 0 saturated carbocycles. The van der Waals surface area contributed by atoms with Gasteiger partial charge in [-0.05, 0) is 36.6 Å². The molecule has 1 fully saturated rings. The first-order chi connectivity index (χ1) is 12.5. The van der Waals surface area contributed by atoms with Crippen LogP contribution in [0, 0.1) is 15.9 Å². The van der Waals surface area contributed by atoms with Gasteiger partial charge in [0.15, 0.2) is 5.82 Å². The highest BCUT2D eigenvalue weighted by molar-refractivity contribution is 5.94. The summed E-state index contributed by atoms with van der Waals surface area (Å²) >= 11 is 0. The van der Waals surface area contributed by atoms with Gasteiger partial charge in [0.05, 0.1) is 16.7 Å². The van der Waals surface area contributed by atoms with E-state index >= 15 is 0 Å². The Morgan fingerprint density at radius 1 is 1.31 bits per heavy atom. The number of halogens is 1. The van der Waals surface area contributed by atoms with Gasteiger partial charge in [0, 0.05) is 24.9 Å². The highest BCUT2D eigenvalue weighted by Crippen LogP contribution is 2.22. The van der Waals surface area contributed by atoms with Gasteiger partial charge in [-0.25, -0.2) is 4.39 Å². The molecular weight excluding hydrogens is 341 g/mol. The predicted octanol–water partition coefficient (Wildman–Crippen LogP) is 3.46. The number of non-ortho nitro benzene ring substituents is 1. The molecule has 2 aromatic carbocycles. The lowest BCUT2D eigenvalue weighted by Gasteiger charge is -2.12. The van der Waals surface area contributed by atoms with Crippen molar-refractivity contribution in [1.82, 2.24) is 0 Å². The van der Waals surface area contributed by atoms with E-state index in [1.54, 1.807) is 18.2 Å². The number of carbonyl (C=O) groups is 1. The number of benzene rings is 2. The van der Waals surface area contributed by atoms with Crippen molar-refractivity contribution < 1.29 is 18.8 Å². The van der Waals surface area contributed by atoms with E-state index in [-0.39, 0.29) is 17.3 Å². The zero-order valence-electron chi connectivity index (χ0n) is 13.9. The van der Waals surface area contributed by atoms with E-state index in [4.69, 9.17) is 4.74 Å². The summed E-state index contributed by atoms with van der Waals surface area (Å²) in [6, 6.07) is 10.6. The molecule has 7 nitrogen and oxygen atoms in total. The number of hydrogen-bond acceptors (Lipinski definition) is 5. The maximum Gasteiger partial charge on any atom is 0.272 e. The molecule has 1 aliphatic heterocycles. The minimum Gasteiger partial charge on any atom is -0.379 e. The van der Waals surface area contributed by atoms with Gasteiger partial charge in [0.2, 0.25) is 0 Å². The zero-order chi connectivity index (χ0) is 18.5. The average Bonchev–Trinajstić information content (AvgIpc) is 3.15. The fourth-order valence-corrected chi connectivity index (χ4v) is 2.72. The van der Waals surface area contributed by atoms with Crippen LogP contribution in [-0.4, -0.2) is 23.5 Å². The van der Waals surface area contributed by atoms with Crippen molar-refractivity contribution in [1.29, 1.82) is 0 Å². The molecule has 1 heterocycles. The van der Waals surface area contributed by atoms with E-state index in [0.29, 0.717) is 25.3 Å². The van der Waals surface area contributed by atoms with Crippen molar-refractivity contribution in [2.24, 2.45) is 0 Å². The highest BCUT2D eigenvalue weighted by Gasteiger charge is 2.23. The van der Waals surface area contributed by atoms with E-state index in [9.17, 15) is 19.3 Å². The molecule has 8 heteroatoms. The molecule has 0 aromatic heterocycles. The van der Waals surface area contributed by atoms with Crippen molar-refractivity contribution in [2.75, 3.05) is 17.2 Å². The molecule has 1 amide bonds. The van der Waals surface area contributed by atoms with E-state index in [1.165, 1.54) is 12.1 Å². The van der Waals surface area contributed by atoms with Crippen LogP contribution in [0.3, 0.4) is 0 Å². The van der Waals surface area contributed by atoms with Crippen molar-refractivity contribution >= 4 is 23.0 Å². The lowest BCUT2D eigenvalue weighted by molar-refractivity contribution is -0.385. The third kappa shape index (κ3) is 4.34. The van der Waals surface area contributed by atoms with E-state index in [2.05, 4.69) is 10.6 Å². The molecule has 0 bridgehead atoms. The molecule has 2 N–H and O–H groups in total. The van der Waals surface area contributed by atoms with Crippen molar-refractivity contribution in [2.45, 2.75) is 25.5 Å². The molecule has 1 aliphatic rings. The van der Waals surface area contributed by atoms with E-state index < -0.39 is 16.8 Å². The first-order valence-electron chi connectivity index (χ1n) is 8.22. The van der Waals surface area contributed by atoms with Crippen LogP contribution in [0.4, 0.5) is 21.5 Å². The van der Waals surface area contributed by atoms with Crippen molar-refractivity contribution in [3.8, 4) is 0 Å². The Labute approximate surface area is 149 Å². The number of nitrogens with zero attached hydrogens (tertiary/aromatic N) is 1. The van der Waals surface area contributed by atoms with Crippen LogP contribution < -0.4 is 10.6 Å². The van der Waals surface area contributed by atoms with Gasteiger partial charge in [-0.2, -0.15) is 0 Å². The smallest absolute Gasteiger partial charge is 0.272 e. The monoisotopic (exact) mass is 359 g/mol. The number of rotatable bonds is 6. The van der Waals surface area contributed by atoms with Crippen LogP contribution in [0.25, 0.3) is 0 Å². The average molecular weight is 359 g/mol. The lowest BCUT2D eigenvalue weighted by Crippen LogP contribution is -2.26. The number of anilines is 2. The fourth-order valence-electron chi connectivity index (χ4n) is 2.72. The molecule has 136 valence electrons. The van der Waals surface area contributed by atoms with Crippen LogP contribution in [0.5, 0.6) is 0 Å². The second-order valence-corrected chi connectivity index (χ2v) is 5.97. The summed E-state index contributed by atoms with van der Waals surface area (Å²) < 4.78 is 19.2. The molecule has 26 heavy (non-hydrogen) atoms. The number of nitrogens with one attached hydrogen (secondary N) is 2. The number of carbonyl (C=O) groups excluding carboxylic acids is 1. The first-order valence-corrected chi connectivity index (χ1v) is 8.22. The second-order valence-electron chi connectivity index (χ2n) is 5.97. The van der Waals surface area contributed by atoms with Crippen LogP contribution in [0.1, 0.15) is 18.4 Å². The highest BCUT2D eigenvalue weighted by atomic mass is 19.1. The zero-order valence-corrected chi connectivity index (χ0v) is 13.9. The van der Waals surface area contributed by atoms with Gasteiger partial charge < -0.3 is 15.4 Å². The molecule has 1 atom stereocenters. The van der Waals surface area contributed by atoms with Crippen LogP contribution >= 0.6 is 0 Å². The minimum atomic E-state index is -0.693. The predicted molar refractivity (Wildman–Crippen MR) is 94.4 cm³/mol. The fraction of sp³-hybridized carbons (Fsp3) is 0.278. The molecule has 0 spiro atoms. The maximum absolute atomic E-state index is 13.9. The Morgan fingerprint density at radius 2 is 2.15 bits per heavy atom. The molecule has 0 radical (unpaired) electrons. The Bertz CT molecular complexity index is 822. The molecule has 2 aromatic rings. The van der Waals surface area contributed by atoms with Crippen LogP contribution in [-0.2, 0) is 16.1 Å². The quantitative estimate of drug-likeness (QED) is 0.608. The number of nitro groups is 1. The summed E-state index contributed by atoms with van der Waals surface area (Å²) in [6.07, 6.45) is 1.18. The van der Waals surface area contributed by atoms with E-state index in [0.717, 1.165) is 18.1 Å². The Morgan fingerprint density at radius 3 is 2.85 bits per heavy atom. The first kappa shape index (κ1) is 17.8. The van der Waals surface area contributed by atoms with Gasteiger partial charge in [0.25, 0.3) is 11.6 Å². The van der Waals surface area contributed by atoms with Gasteiger partial charge in [-0.15, -0.1) is 0 Å². The number of hydrogen-bond donors (Lipinski definition) is 2. The van der Waals surface area contributed by atoms with Crippen molar-refractivity contribution in [3.05, 3.63) is 64.0 Å². The summed E-state index contributed by atoms with van der Waals surface area (Å²) in [5.41, 5.74) is 1.33. The Kier molecular flexibility index (Phi) is 5.43. The summed E-state index contributed by atoms with van der Waals surface area (Å²) in [5, 5.41) is 16.3. The summed E-state index contributed by atoms with van der Waals surface area (Å²) in [6.45, 7) is 0.904. The minimum absolute atomic E-state index is 0.171. The van der Waals surface area contributed by atoms with E-state index in [1.807, 2.05) is 6.07 Å². The third-order valence-corrected chi connectivity index (χ3v) is 4.06. The van der Waals surface area contributed by atoms with Crippen molar-refractivity contribution in [3.63, 3.8) is 0 Å².